The maximum atomic E-state index is 6.58. The molecule has 0 amide bonds. The van der Waals surface area contributed by atoms with Crippen LogP contribution in [0.1, 0.15) is 219 Å². The van der Waals surface area contributed by atoms with Crippen LogP contribution in [0.25, 0.3) is 0 Å². The van der Waals surface area contributed by atoms with Gasteiger partial charge in [0.1, 0.15) is 6.29 Å². The van der Waals surface area contributed by atoms with Gasteiger partial charge in [-0.05, 0) is 45.2 Å². The maximum Gasteiger partial charge on any atom is 0.333 e. The van der Waals surface area contributed by atoms with Crippen LogP contribution in [0.3, 0.4) is 0 Å². The average molecular weight is 720 g/mol. The molecule has 0 rings (SSSR count). The van der Waals surface area contributed by atoms with Crippen molar-refractivity contribution in [3.63, 3.8) is 0 Å². The zero-order valence-corrected chi connectivity index (χ0v) is 34.0. The Morgan fingerprint density at radius 2 is 0.756 bits per heavy atom. The molecule has 0 N–H and O–H groups in total. The van der Waals surface area contributed by atoms with E-state index in [0.717, 1.165) is 37.8 Å². The SMILES string of the molecule is CCCCCCCCCCCCCCCCOC(CCCCCCCCCCCCCCC)O[Si](C)(C)OCCCCCCBr. The molecule has 1 unspecified atom stereocenters. The highest BCUT2D eigenvalue weighted by atomic mass is 79.9. The van der Waals surface area contributed by atoms with Crippen molar-refractivity contribution in [2.45, 2.75) is 239 Å². The first kappa shape index (κ1) is 45.6. The Labute approximate surface area is 294 Å². The summed E-state index contributed by atoms with van der Waals surface area (Å²) in [5.41, 5.74) is 0. The Hall–Kier alpha value is 0.577. The number of hydrogen-bond acceptors (Lipinski definition) is 3. The lowest BCUT2D eigenvalue weighted by atomic mass is 10.0. The van der Waals surface area contributed by atoms with E-state index in [4.69, 9.17) is 13.6 Å². The molecule has 0 fully saturated rings. The first-order valence-corrected chi connectivity index (χ1v) is 24.5. The zero-order valence-electron chi connectivity index (χ0n) is 31.4. The van der Waals surface area contributed by atoms with Gasteiger partial charge in [0.15, 0.2) is 0 Å². The van der Waals surface area contributed by atoms with Gasteiger partial charge in [0, 0.05) is 18.5 Å². The minimum absolute atomic E-state index is 0.0882. The van der Waals surface area contributed by atoms with Gasteiger partial charge in [0.2, 0.25) is 0 Å². The number of rotatable bonds is 39. The van der Waals surface area contributed by atoms with E-state index in [1.165, 1.54) is 186 Å². The zero-order chi connectivity index (χ0) is 32.9. The quantitative estimate of drug-likeness (QED) is 0.0274. The highest BCUT2D eigenvalue weighted by Crippen LogP contribution is 2.20. The minimum Gasteiger partial charge on any atom is -0.394 e. The Morgan fingerprint density at radius 3 is 1.16 bits per heavy atom. The highest BCUT2D eigenvalue weighted by molar-refractivity contribution is 9.09. The van der Waals surface area contributed by atoms with Crippen molar-refractivity contribution >= 4 is 24.5 Å². The molecule has 0 bridgehead atoms. The average Bonchev–Trinajstić information content (AvgIpc) is 3.02. The summed E-state index contributed by atoms with van der Waals surface area (Å²) < 4.78 is 19.3. The van der Waals surface area contributed by atoms with Crippen LogP contribution in [-0.2, 0) is 13.6 Å². The fourth-order valence-electron chi connectivity index (χ4n) is 6.24. The van der Waals surface area contributed by atoms with Crippen LogP contribution < -0.4 is 0 Å². The predicted molar refractivity (Wildman–Crippen MR) is 207 cm³/mol. The summed E-state index contributed by atoms with van der Waals surface area (Å²) in [5, 5.41) is 1.11. The van der Waals surface area contributed by atoms with Gasteiger partial charge in [-0.25, -0.2) is 0 Å². The molecule has 0 saturated carbocycles. The number of hydrogen-bond donors (Lipinski definition) is 0. The summed E-state index contributed by atoms with van der Waals surface area (Å²) in [6.45, 7) is 10.7. The minimum atomic E-state index is -2.18. The molecule has 0 saturated heterocycles. The van der Waals surface area contributed by atoms with E-state index < -0.39 is 8.56 Å². The van der Waals surface area contributed by atoms with Gasteiger partial charge in [-0.3, -0.25) is 0 Å². The molecule has 0 aliphatic carbocycles. The molecule has 0 aromatic rings. The standard InChI is InChI=1S/C40H83BrO3Si/c1-5-7-9-11-13-15-17-19-21-23-25-27-30-34-38-42-40(44-45(3,4)43-39-35-31-29-33-37-41)36-32-28-26-24-22-20-18-16-14-12-10-8-6-2/h40H,5-39H2,1-4H3. The molecule has 3 nitrogen and oxygen atoms in total. The van der Waals surface area contributed by atoms with Crippen molar-refractivity contribution in [1.29, 1.82) is 0 Å². The van der Waals surface area contributed by atoms with Crippen LogP contribution in [0.5, 0.6) is 0 Å². The van der Waals surface area contributed by atoms with Crippen LogP contribution in [0.4, 0.5) is 0 Å². The van der Waals surface area contributed by atoms with Gasteiger partial charge in [0.25, 0.3) is 0 Å². The third kappa shape index (κ3) is 37.2. The van der Waals surface area contributed by atoms with Crippen LogP contribution in [0.2, 0.25) is 13.1 Å². The van der Waals surface area contributed by atoms with E-state index in [0.29, 0.717) is 0 Å². The Morgan fingerprint density at radius 1 is 0.422 bits per heavy atom. The first-order valence-electron chi connectivity index (χ1n) is 20.5. The summed E-state index contributed by atoms with van der Waals surface area (Å²) in [5.74, 6) is 0. The van der Waals surface area contributed by atoms with Gasteiger partial charge in [0.05, 0.1) is 0 Å². The largest absolute Gasteiger partial charge is 0.394 e. The normalized spacial score (nSPS) is 12.7. The van der Waals surface area contributed by atoms with Crippen LogP contribution in [-0.4, -0.2) is 33.4 Å². The van der Waals surface area contributed by atoms with Crippen molar-refractivity contribution < 1.29 is 13.6 Å². The topological polar surface area (TPSA) is 27.7 Å². The summed E-state index contributed by atoms with van der Waals surface area (Å²) in [4.78, 5) is 0. The first-order chi connectivity index (χ1) is 22.1. The van der Waals surface area contributed by atoms with Gasteiger partial charge < -0.3 is 13.6 Å². The van der Waals surface area contributed by atoms with Crippen LogP contribution in [0, 0.1) is 0 Å². The monoisotopic (exact) mass is 719 g/mol. The molecule has 272 valence electrons. The molecule has 1 atom stereocenters. The summed E-state index contributed by atoms with van der Waals surface area (Å²) >= 11 is 3.53. The van der Waals surface area contributed by atoms with Gasteiger partial charge in [-0.15, -0.1) is 0 Å². The number of ether oxygens (including phenoxy) is 1. The highest BCUT2D eigenvalue weighted by Gasteiger charge is 2.29. The van der Waals surface area contributed by atoms with E-state index in [-0.39, 0.29) is 6.29 Å². The van der Waals surface area contributed by atoms with E-state index in [9.17, 15) is 0 Å². The smallest absolute Gasteiger partial charge is 0.333 e. The summed E-state index contributed by atoms with van der Waals surface area (Å²) in [6, 6.07) is 0. The molecular formula is C40H83BrO3Si. The summed E-state index contributed by atoms with van der Waals surface area (Å²) in [6.07, 6.45) is 43.4. The van der Waals surface area contributed by atoms with E-state index in [2.05, 4.69) is 42.9 Å². The van der Waals surface area contributed by atoms with Crippen molar-refractivity contribution in [2.75, 3.05) is 18.5 Å². The molecule has 5 heteroatoms. The van der Waals surface area contributed by atoms with Gasteiger partial charge in [-0.2, -0.15) is 0 Å². The second-order valence-electron chi connectivity index (χ2n) is 14.4. The molecular weight excluding hydrogens is 636 g/mol. The molecule has 0 aromatic heterocycles. The van der Waals surface area contributed by atoms with Crippen molar-refractivity contribution in [3.05, 3.63) is 0 Å². The maximum absolute atomic E-state index is 6.58. The summed E-state index contributed by atoms with van der Waals surface area (Å²) in [7, 11) is -2.18. The van der Waals surface area contributed by atoms with E-state index >= 15 is 0 Å². The van der Waals surface area contributed by atoms with Gasteiger partial charge >= 0.3 is 8.56 Å². The molecule has 0 spiro atoms. The number of alkyl halides is 1. The third-order valence-corrected chi connectivity index (χ3v) is 11.5. The second kappa shape index (κ2) is 37.4. The number of halogens is 1. The predicted octanol–water partition coefficient (Wildman–Crippen LogP) is 15.0. The lowest BCUT2D eigenvalue weighted by molar-refractivity contribution is -0.104. The third-order valence-electron chi connectivity index (χ3n) is 9.24. The number of unbranched alkanes of at least 4 members (excludes halogenated alkanes) is 28. The van der Waals surface area contributed by atoms with E-state index in [1.54, 1.807) is 0 Å². The Balaban J connectivity index is 4.09. The van der Waals surface area contributed by atoms with E-state index in [1.807, 2.05) is 0 Å². The molecule has 0 aliphatic rings. The van der Waals surface area contributed by atoms with Crippen LogP contribution >= 0.6 is 15.9 Å². The lowest BCUT2D eigenvalue weighted by Gasteiger charge is -2.29. The molecule has 0 heterocycles. The van der Waals surface area contributed by atoms with Crippen molar-refractivity contribution in [1.82, 2.24) is 0 Å². The second-order valence-corrected chi connectivity index (χ2v) is 18.5. The molecule has 45 heavy (non-hydrogen) atoms. The van der Waals surface area contributed by atoms with Crippen molar-refractivity contribution in [3.8, 4) is 0 Å². The Bertz CT molecular complexity index is 548. The molecule has 0 aliphatic heterocycles. The lowest BCUT2D eigenvalue weighted by Crippen LogP contribution is -2.40. The molecule has 0 aromatic carbocycles. The van der Waals surface area contributed by atoms with Gasteiger partial charge in [-0.1, -0.05) is 203 Å². The van der Waals surface area contributed by atoms with Crippen molar-refractivity contribution in [2.24, 2.45) is 0 Å². The Kier molecular flexibility index (Phi) is 37.9. The molecule has 0 radical (unpaired) electrons. The van der Waals surface area contributed by atoms with Crippen LogP contribution in [0.15, 0.2) is 0 Å². The fraction of sp³-hybridized carbons (Fsp3) is 1.00. The fourth-order valence-corrected chi connectivity index (χ4v) is 8.15.